The van der Waals surface area contributed by atoms with E-state index < -0.39 is 0 Å². The maximum Gasteiger partial charge on any atom is 0.261 e. The van der Waals surface area contributed by atoms with Gasteiger partial charge in [0.05, 0.1) is 4.88 Å². The van der Waals surface area contributed by atoms with Crippen molar-refractivity contribution in [2.24, 2.45) is 0 Å². The Labute approximate surface area is 157 Å². The van der Waals surface area contributed by atoms with Crippen LogP contribution in [0.1, 0.15) is 25.8 Å². The number of nitrogens with zero attached hydrogens (tertiary/aromatic N) is 3. The molecule has 26 heavy (non-hydrogen) atoms. The summed E-state index contributed by atoms with van der Waals surface area (Å²) < 4.78 is 0. The van der Waals surface area contributed by atoms with Crippen LogP contribution < -0.4 is 10.2 Å². The molecule has 6 heteroatoms. The number of nitrogens with one attached hydrogen (secondary N) is 1. The SMILES string of the molecule is Cc1ccc(C(=O)NCc2cccnc2N(C)CCc2ccccn2)s1. The largest absolute Gasteiger partial charge is 0.359 e. The van der Waals surface area contributed by atoms with E-state index in [1.54, 1.807) is 6.20 Å². The first-order valence-electron chi connectivity index (χ1n) is 8.53. The summed E-state index contributed by atoms with van der Waals surface area (Å²) in [6.07, 6.45) is 4.43. The summed E-state index contributed by atoms with van der Waals surface area (Å²) in [6, 6.07) is 13.7. The summed E-state index contributed by atoms with van der Waals surface area (Å²) in [5, 5.41) is 2.99. The highest BCUT2D eigenvalue weighted by atomic mass is 32.1. The first-order chi connectivity index (χ1) is 12.6. The maximum atomic E-state index is 12.3. The van der Waals surface area contributed by atoms with Crippen molar-refractivity contribution in [3.05, 3.63) is 75.9 Å². The third kappa shape index (κ3) is 4.67. The van der Waals surface area contributed by atoms with Gasteiger partial charge in [-0.2, -0.15) is 0 Å². The molecule has 0 aromatic carbocycles. The molecule has 134 valence electrons. The molecule has 1 N–H and O–H groups in total. The molecular weight excluding hydrogens is 344 g/mol. The number of hydrogen-bond donors (Lipinski definition) is 1. The summed E-state index contributed by atoms with van der Waals surface area (Å²) in [7, 11) is 2.01. The molecule has 3 aromatic heterocycles. The number of aryl methyl sites for hydroxylation is 1. The zero-order chi connectivity index (χ0) is 18.4. The lowest BCUT2D eigenvalue weighted by molar-refractivity contribution is 0.0955. The molecule has 0 saturated carbocycles. The van der Waals surface area contributed by atoms with Crippen LogP contribution in [0, 0.1) is 6.92 Å². The molecule has 0 aliphatic heterocycles. The molecule has 0 unspecified atom stereocenters. The Morgan fingerprint density at radius 1 is 1.12 bits per heavy atom. The fourth-order valence-electron chi connectivity index (χ4n) is 2.67. The number of thiophene rings is 1. The number of likely N-dealkylation sites (N-methyl/N-ethyl adjacent to an activating group) is 1. The average Bonchev–Trinajstić information content (AvgIpc) is 3.12. The zero-order valence-corrected chi connectivity index (χ0v) is 15.8. The van der Waals surface area contributed by atoms with Gasteiger partial charge in [0.25, 0.3) is 5.91 Å². The molecule has 3 heterocycles. The molecule has 0 aliphatic rings. The number of carbonyl (C=O) groups excluding carboxylic acids is 1. The van der Waals surface area contributed by atoms with Crippen LogP contribution in [0.25, 0.3) is 0 Å². The summed E-state index contributed by atoms with van der Waals surface area (Å²) >= 11 is 1.50. The van der Waals surface area contributed by atoms with Gasteiger partial charge in [0.2, 0.25) is 0 Å². The molecular formula is C20H22N4OS. The summed E-state index contributed by atoms with van der Waals surface area (Å²) in [4.78, 5) is 25.1. The van der Waals surface area contributed by atoms with E-state index in [9.17, 15) is 4.79 Å². The molecule has 3 rings (SSSR count). The number of aromatic nitrogens is 2. The van der Waals surface area contributed by atoms with Crippen molar-refractivity contribution in [1.82, 2.24) is 15.3 Å². The summed E-state index contributed by atoms with van der Waals surface area (Å²) in [6.45, 7) is 3.25. The minimum Gasteiger partial charge on any atom is -0.359 e. The number of pyridine rings is 2. The monoisotopic (exact) mass is 366 g/mol. The van der Waals surface area contributed by atoms with Crippen LogP contribution in [0.3, 0.4) is 0 Å². The van der Waals surface area contributed by atoms with Crippen LogP contribution in [0.2, 0.25) is 0 Å². The first-order valence-corrected chi connectivity index (χ1v) is 9.34. The fourth-order valence-corrected chi connectivity index (χ4v) is 3.45. The quantitative estimate of drug-likeness (QED) is 0.696. The number of carbonyl (C=O) groups is 1. The third-order valence-electron chi connectivity index (χ3n) is 4.06. The number of hydrogen-bond acceptors (Lipinski definition) is 5. The smallest absolute Gasteiger partial charge is 0.261 e. The van der Waals surface area contributed by atoms with Crippen LogP contribution >= 0.6 is 11.3 Å². The Morgan fingerprint density at radius 3 is 2.69 bits per heavy atom. The minimum absolute atomic E-state index is 0.0472. The van der Waals surface area contributed by atoms with Gasteiger partial charge in [0.15, 0.2) is 0 Å². The molecule has 0 aliphatic carbocycles. The topological polar surface area (TPSA) is 58.1 Å². The Balaban J connectivity index is 1.62. The number of anilines is 1. The van der Waals surface area contributed by atoms with E-state index in [-0.39, 0.29) is 5.91 Å². The van der Waals surface area contributed by atoms with Crippen LogP contribution in [0.5, 0.6) is 0 Å². The Hall–Kier alpha value is -2.73. The number of amides is 1. The van der Waals surface area contributed by atoms with E-state index in [0.29, 0.717) is 6.54 Å². The van der Waals surface area contributed by atoms with E-state index in [1.807, 2.05) is 62.6 Å². The van der Waals surface area contributed by atoms with Crippen LogP contribution in [0.4, 0.5) is 5.82 Å². The van der Waals surface area contributed by atoms with Crippen LogP contribution in [-0.4, -0.2) is 29.5 Å². The number of rotatable bonds is 7. The van der Waals surface area contributed by atoms with Gasteiger partial charge in [-0.15, -0.1) is 11.3 Å². The van der Waals surface area contributed by atoms with Gasteiger partial charge in [-0.05, 0) is 37.3 Å². The van der Waals surface area contributed by atoms with Gasteiger partial charge in [-0.3, -0.25) is 9.78 Å². The first kappa shape index (κ1) is 18.1. The molecule has 5 nitrogen and oxygen atoms in total. The average molecular weight is 366 g/mol. The Kier molecular flexibility index (Phi) is 5.96. The highest BCUT2D eigenvalue weighted by Crippen LogP contribution is 2.18. The second kappa shape index (κ2) is 8.58. The van der Waals surface area contributed by atoms with Crippen molar-refractivity contribution in [3.63, 3.8) is 0 Å². The molecule has 0 saturated heterocycles. The summed E-state index contributed by atoms with van der Waals surface area (Å²) in [5.74, 6) is 0.833. The molecule has 1 amide bonds. The Morgan fingerprint density at radius 2 is 1.96 bits per heavy atom. The molecule has 0 atom stereocenters. The molecule has 0 bridgehead atoms. The predicted octanol–water partition coefficient (Wildman–Crippen LogP) is 3.46. The van der Waals surface area contributed by atoms with E-state index in [0.717, 1.165) is 39.8 Å². The van der Waals surface area contributed by atoms with Gasteiger partial charge in [0, 0.05) is 55.1 Å². The van der Waals surface area contributed by atoms with Crippen molar-refractivity contribution >= 4 is 23.1 Å². The molecule has 3 aromatic rings. The fraction of sp³-hybridized carbons (Fsp3) is 0.250. The lowest BCUT2D eigenvalue weighted by atomic mass is 10.2. The van der Waals surface area contributed by atoms with Crippen molar-refractivity contribution < 1.29 is 4.79 Å². The van der Waals surface area contributed by atoms with Crippen molar-refractivity contribution in [2.75, 3.05) is 18.5 Å². The lowest BCUT2D eigenvalue weighted by Crippen LogP contribution is -2.26. The highest BCUT2D eigenvalue weighted by Gasteiger charge is 2.12. The van der Waals surface area contributed by atoms with Gasteiger partial charge in [-0.1, -0.05) is 12.1 Å². The highest BCUT2D eigenvalue weighted by molar-refractivity contribution is 7.13. The maximum absolute atomic E-state index is 12.3. The van der Waals surface area contributed by atoms with E-state index in [4.69, 9.17) is 0 Å². The van der Waals surface area contributed by atoms with Gasteiger partial charge in [-0.25, -0.2) is 4.98 Å². The second-order valence-corrected chi connectivity index (χ2v) is 7.36. The third-order valence-corrected chi connectivity index (χ3v) is 5.06. The summed E-state index contributed by atoms with van der Waals surface area (Å²) in [5.41, 5.74) is 2.05. The van der Waals surface area contributed by atoms with Gasteiger partial charge < -0.3 is 10.2 Å². The van der Waals surface area contributed by atoms with Gasteiger partial charge >= 0.3 is 0 Å². The molecule has 0 fully saturated rings. The van der Waals surface area contributed by atoms with E-state index in [1.165, 1.54) is 11.3 Å². The van der Waals surface area contributed by atoms with Crippen molar-refractivity contribution in [3.8, 4) is 0 Å². The van der Waals surface area contributed by atoms with Crippen molar-refractivity contribution in [2.45, 2.75) is 19.9 Å². The second-order valence-electron chi connectivity index (χ2n) is 6.07. The van der Waals surface area contributed by atoms with Crippen molar-refractivity contribution in [1.29, 1.82) is 0 Å². The predicted molar refractivity (Wildman–Crippen MR) is 106 cm³/mol. The standard InChI is InChI=1S/C20H22N4OS/c1-15-8-9-18(26-15)20(25)23-14-16-6-5-12-22-19(16)24(2)13-10-17-7-3-4-11-21-17/h3-9,11-12H,10,13-14H2,1-2H3,(H,23,25). The zero-order valence-electron chi connectivity index (χ0n) is 15.0. The van der Waals surface area contributed by atoms with Crippen LogP contribution in [-0.2, 0) is 13.0 Å². The van der Waals surface area contributed by atoms with Gasteiger partial charge in [0.1, 0.15) is 5.82 Å². The lowest BCUT2D eigenvalue weighted by Gasteiger charge is -2.21. The van der Waals surface area contributed by atoms with Crippen LogP contribution in [0.15, 0.2) is 54.9 Å². The van der Waals surface area contributed by atoms with E-state index >= 15 is 0 Å². The minimum atomic E-state index is -0.0472. The Bertz CT molecular complexity index is 863. The molecule has 0 radical (unpaired) electrons. The van der Waals surface area contributed by atoms with E-state index in [2.05, 4.69) is 20.2 Å². The normalized spacial score (nSPS) is 10.5. The molecule has 0 spiro atoms.